The number of amides is 2. The van der Waals surface area contributed by atoms with Gasteiger partial charge in [-0.05, 0) is 12.1 Å². The molecule has 0 fully saturated rings. The highest BCUT2D eigenvalue weighted by molar-refractivity contribution is 5.90. The van der Waals surface area contributed by atoms with E-state index in [4.69, 9.17) is 4.74 Å². The molecule has 0 aliphatic carbocycles. The van der Waals surface area contributed by atoms with Crippen LogP contribution in [0.3, 0.4) is 0 Å². The number of urea groups is 1. The number of carbonyl (C=O) groups is 1. The lowest BCUT2D eigenvalue weighted by molar-refractivity contribution is 0.252. The molecule has 6 heteroatoms. The number of carbonyl (C=O) groups excluding carboxylic acids is 1. The van der Waals surface area contributed by atoms with Crippen LogP contribution < -0.4 is 15.4 Å². The summed E-state index contributed by atoms with van der Waals surface area (Å²) in [6, 6.07) is 6.99. The molecule has 2 amide bonds. The number of H-pyrrole nitrogens is 1. The summed E-state index contributed by atoms with van der Waals surface area (Å²) in [4.78, 5) is 18.8. The zero-order chi connectivity index (χ0) is 13.5. The number of nitrogens with zero attached hydrogens (tertiary/aromatic N) is 1. The van der Waals surface area contributed by atoms with Gasteiger partial charge in [0.1, 0.15) is 11.6 Å². The first-order valence-corrected chi connectivity index (χ1v) is 5.95. The normalized spacial score (nSPS) is 9.95. The quantitative estimate of drug-likeness (QED) is 0.766. The van der Waals surface area contributed by atoms with Crippen LogP contribution in [-0.4, -0.2) is 29.7 Å². The van der Waals surface area contributed by atoms with Crippen molar-refractivity contribution in [3.05, 3.63) is 42.5 Å². The van der Waals surface area contributed by atoms with E-state index >= 15 is 0 Å². The van der Waals surface area contributed by atoms with Gasteiger partial charge in [0, 0.05) is 25.4 Å². The van der Waals surface area contributed by atoms with E-state index in [0.29, 0.717) is 24.4 Å². The summed E-state index contributed by atoms with van der Waals surface area (Å²) >= 11 is 0. The van der Waals surface area contributed by atoms with Gasteiger partial charge in [0.05, 0.1) is 12.8 Å². The number of ether oxygens (including phenoxy) is 1. The zero-order valence-corrected chi connectivity index (χ0v) is 10.6. The monoisotopic (exact) mass is 260 g/mol. The molecule has 1 aromatic carbocycles. The highest BCUT2D eigenvalue weighted by atomic mass is 16.5. The lowest BCUT2D eigenvalue weighted by Gasteiger charge is -2.10. The lowest BCUT2D eigenvalue weighted by Crippen LogP contribution is -2.30. The molecule has 0 unspecified atom stereocenters. The van der Waals surface area contributed by atoms with Crippen molar-refractivity contribution in [3.63, 3.8) is 0 Å². The maximum atomic E-state index is 11.7. The molecule has 0 spiro atoms. The number of anilines is 1. The Kier molecular flexibility index (Phi) is 4.39. The van der Waals surface area contributed by atoms with Gasteiger partial charge in [-0.15, -0.1) is 0 Å². The van der Waals surface area contributed by atoms with Crippen LogP contribution in [0.4, 0.5) is 10.5 Å². The predicted octanol–water partition coefficient (Wildman–Crippen LogP) is 1.78. The van der Waals surface area contributed by atoms with Crippen LogP contribution in [0.1, 0.15) is 5.82 Å². The number of aromatic nitrogens is 2. The van der Waals surface area contributed by atoms with E-state index in [9.17, 15) is 4.79 Å². The van der Waals surface area contributed by atoms with Crippen LogP contribution in [0.5, 0.6) is 5.75 Å². The minimum Gasteiger partial charge on any atom is -0.495 e. The van der Waals surface area contributed by atoms with Crippen molar-refractivity contribution in [2.75, 3.05) is 19.0 Å². The smallest absolute Gasteiger partial charge is 0.319 e. The van der Waals surface area contributed by atoms with Gasteiger partial charge < -0.3 is 20.4 Å². The predicted molar refractivity (Wildman–Crippen MR) is 72.3 cm³/mol. The third kappa shape index (κ3) is 3.74. The molecule has 0 aliphatic heterocycles. The average molecular weight is 260 g/mol. The van der Waals surface area contributed by atoms with Crippen LogP contribution in [0.15, 0.2) is 36.7 Å². The molecule has 0 bridgehead atoms. The van der Waals surface area contributed by atoms with Gasteiger partial charge in [0.2, 0.25) is 0 Å². The Morgan fingerprint density at radius 3 is 3.00 bits per heavy atom. The van der Waals surface area contributed by atoms with Crippen LogP contribution in [0, 0.1) is 0 Å². The number of aromatic amines is 1. The fourth-order valence-corrected chi connectivity index (χ4v) is 1.64. The number of nitrogens with one attached hydrogen (secondary N) is 3. The second-order valence-corrected chi connectivity index (χ2v) is 3.87. The third-order valence-corrected chi connectivity index (χ3v) is 2.56. The molecule has 1 aromatic heterocycles. The molecular weight excluding hydrogens is 244 g/mol. The van der Waals surface area contributed by atoms with E-state index in [-0.39, 0.29) is 6.03 Å². The first kappa shape index (κ1) is 12.9. The molecule has 0 radical (unpaired) electrons. The van der Waals surface area contributed by atoms with Crippen LogP contribution in [0.2, 0.25) is 0 Å². The maximum absolute atomic E-state index is 11.7. The third-order valence-electron chi connectivity index (χ3n) is 2.56. The van der Waals surface area contributed by atoms with Crippen LogP contribution >= 0.6 is 0 Å². The first-order chi connectivity index (χ1) is 9.29. The Labute approximate surface area is 111 Å². The van der Waals surface area contributed by atoms with Gasteiger partial charge in [-0.1, -0.05) is 12.1 Å². The summed E-state index contributed by atoms with van der Waals surface area (Å²) < 4.78 is 5.15. The van der Waals surface area contributed by atoms with E-state index in [2.05, 4.69) is 20.6 Å². The van der Waals surface area contributed by atoms with Crippen molar-refractivity contribution < 1.29 is 9.53 Å². The van der Waals surface area contributed by atoms with E-state index in [1.807, 2.05) is 12.1 Å². The molecule has 0 atom stereocenters. The number of hydrogen-bond acceptors (Lipinski definition) is 3. The van der Waals surface area contributed by atoms with Crippen molar-refractivity contribution in [3.8, 4) is 5.75 Å². The van der Waals surface area contributed by atoms with E-state index < -0.39 is 0 Å². The van der Waals surface area contributed by atoms with Crippen molar-refractivity contribution in [2.24, 2.45) is 0 Å². The summed E-state index contributed by atoms with van der Waals surface area (Å²) in [6.45, 7) is 0.508. The second kappa shape index (κ2) is 6.44. The van der Waals surface area contributed by atoms with Gasteiger partial charge >= 0.3 is 6.03 Å². The molecule has 2 aromatic rings. The topological polar surface area (TPSA) is 79.0 Å². The van der Waals surface area contributed by atoms with Crippen molar-refractivity contribution in [2.45, 2.75) is 6.42 Å². The summed E-state index contributed by atoms with van der Waals surface area (Å²) in [5, 5.41) is 5.49. The number of rotatable bonds is 5. The van der Waals surface area contributed by atoms with Crippen LogP contribution in [0.25, 0.3) is 0 Å². The molecule has 100 valence electrons. The lowest BCUT2D eigenvalue weighted by atomic mass is 10.3. The van der Waals surface area contributed by atoms with E-state index in [0.717, 1.165) is 5.82 Å². The maximum Gasteiger partial charge on any atom is 0.319 e. The van der Waals surface area contributed by atoms with Gasteiger partial charge in [-0.3, -0.25) is 0 Å². The van der Waals surface area contributed by atoms with Crippen molar-refractivity contribution in [1.29, 1.82) is 0 Å². The van der Waals surface area contributed by atoms with Crippen LogP contribution in [-0.2, 0) is 6.42 Å². The van der Waals surface area contributed by atoms with E-state index in [1.54, 1.807) is 31.6 Å². The SMILES string of the molecule is COc1ccccc1NC(=O)NCCc1ncc[nH]1. The Hall–Kier alpha value is -2.50. The summed E-state index contributed by atoms with van der Waals surface area (Å²) in [6.07, 6.45) is 4.10. The number of para-hydroxylation sites is 2. The molecule has 19 heavy (non-hydrogen) atoms. The minimum absolute atomic E-state index is 0.268. The molecule has 1 heterocycles. The van der Waals surface area contributed by atoms with Gasteiger partial charge in [0.15, 0.2) is 0 Å². The molecule has 3 N–H and O–H groups in total. The number of benzene rings is 1. The second-order valence-electron chi connectivity index (χ2n) is 3.87. The summed E-state index contributed by atoms with van der Waals surface area (Å²) in [5.74, 6) is 1.47. The molecule has 0 saturated carbocycles. The number of hydrogen-bond donors (Lipinski definition) is 3. The first-order valence-electron chi connectivity index (χ1n) is 5.95. The fourth-order valence-electron chi connectivity index (χ4n) is 1.64. The van der Waals surface area contributed by atoms with Gasteiger partial charge in [-0.2, -0.15) is 0 Å². The van der Waals surface area contributed by atoms with Gasteiger partial charge in [-0.25, -0.2) is 9.78 Å². The molecule has 6 nitrogen and oxygen atoms in total. The van der Waals surface area contributed by atoms with Gasteiger partial charge in [0.25, 0.3) is 0 Å². The Morgan fingerprint density at radius 1 is 1.42 bits per heavy atom. The average Bonchev–Trinajstić information content (AvgIpc) is 2.92. The fraction of sp³-hybridized carbons (Fsp3) is 0.231. The molecular formula is C13H16N4O2. The van der Waals surface area contributed by atoms with E-state index in [1.165, 1.54) is 0 Å². The number of methoxy groups -OCH3 is 1. The van der Waals surface area contributed by atoms with Crippen molar-refractivity contribution >= 4 is 11.7 Å². The molecule has 0 aliphatic rings. The zero-order valence-electron chi connectivity index (χ0n) is 10.6. The standard InChI is InChI=1S/C13H16N4O2/c1-19-11-5-3-2-4-10(11)17-13(18)16-7-6-12-14-8-9-15-12/h2-5,8-9H,6-7H2,1H3,(H,14,15)(H2,16,17,18). The summed E-state index contributed by atoms with van der Waals surface area (Å²) in [7, 11) is 1.56. The highest BCUT2D eigenvalue weighted by Gasteiger charge is 2.06. The molecule has 2 rings (SSSR count). The Bertz CT molecular complexity index is 525. The largest absolute Gasteiger partial charge is 0.495 e. The highest BCUT2D eigenvalue weighted by Crippen LogP contribution is 2.22. The summed E-state index contributed by atoms with van der Waals surface area (Å²) in [5.41, 5.74) is 0.639. The van der Waals surface area contributed by atoms with Crippen molar-refractivity contribution in [1.82, 2.24) is 15.3 Å². The Balaban J connectivity index is 1.80. The Morgan fingerprint density at radius 2 is 2.26 bits per heavy atom. The molecule has 0 saturated heterocycles. The minimum atomic E-state index is -0.268. The number of imidazole rings is 1.